The van der Waals surface area contributed by atoms with Crippen LogP contribution in [-0.2, 0) is 0 Å². The first-order chi connectivity index (χ1) is 25.7. The minimum absolute atomic E-state index is 0.614. The highest BCUT2D eigenvalue weighted by Crippen LogP contribution is 2.42. The van der Waals surface area contributed by atoms with Gasteiger partial charge in [-0.3, -0.25) is 0 Å². The van der Waals surface area contributed by atoms with E-state index in [0.717, 1.165) is 60.9 Å². The molecule has 0 N–H and O–H groups in total. The van der Waals surface area contributed by atoms with Crippen LogP contribution >= 0.6 is 0 Å². The van der Waals surface area contributed by atoms with Gasteiger partial charge in [-0.25, -0.2) is 15.0 Å². The maximum atomic E-state index is 9.87. The molecule has 6 nitrogen and oxygen atoms in total. The Bertz CT molecular complexity index is 2930. The molecule has 7 aromatic carbocycles. The number of para-hydroxylation sites is 2. The van der Waals surface area contributed by atoms with Gasteiger partial charge in [0.2, 0.25) is 0 Å². The molecule has 10 rings (SSSR count). The van der Waals surface area contributed by atoms with Crippen LogP contribution in [0.1, 0.15) is 5.56 Å². The first-order valence-electron chi connectivity index (χ1n) is 17.2. The zero-order valence-electron chi connectivity index (χ0n) is 27.8. The van der Waals surface area contributed by atoms with Crippen molar-refractivity contribution in [1.29, 1.82) is 5.26 Å². The summed E-state index contributed by atoms with van der Waals surface area (Å²) >= 11 is 0. The van der Waals surface area contributed by atoms with Gasteiger partial charge in [0, 0.05) is 49.6 Å². The number of fused-ring (bicyclic) bond motifs is 7. The predicted molar refractivity (Wildman–Crippen MR) is 210 cm³/mol. The third kappa shape index (κ3) is 4.68. The quantitative estimate of drug-likeness (QED) is 0.184. The maximum absolute atomic E-state index is 9.87. The Morgan fingerprint density at radius 3 is 1.58 bits per heavy atom. The first kappa shape index (κ1) is 29.5. The van der Waals surface area contributed by atoms with Gasteiger partial charge in [0.15, 0.2) is 17.5 Å². The van der Waals surface area contributed by atoms with E-state index in [-0.39, 0.29) is 0 Å². The molecule has 0 bridgehead atoms. The number of hydrogen-bond donors (Lipinski definition) is 0. The van der Waals surface area contributed by atoms with Gasteiger partial charge in [0.1, 0.15) is 0 Å². The summed E-state index contributed by atoms with van der Waals surface area (Å²) < 4.78 is 4.63. The van der Waals surface area contributed by atoms with Crippen molar-refractivity contribution in [3.8, 4) is 51.6 Å². The summed E-state index contributed by atoms with van der Waals surface area (Å²) in [5.41, 5.74) is 9.79. The lowest BCUT2D eigenvalue weighted by Crippen LogP contribution is -2.00. The maximum Gasteiger partial charge on any atom is 0.164 e. The average molecular weight is 665 g/mol. The summed E-state index contributed by atoms with van der Waals surface area (Å²) in [6, 6.07) is 60.3. The zero-order chi connectivity index (χ0) is 34.6. The van der Waals surface area contributed by atoms with Gasteiger partial charge < -0.3 is 9.13 Å². The molecule has 242 valence electrons. The van der Waals surface area contributed by atoms with Crippen LogP contribution in [0.2, 0.25) is 0 Å². The fourth-order valence-electron chi connectivity index (χ4n) is 7.45. The van der Waals surface area contributed by atoms with Gasteiger partial charge in [-0.2, -0.15) is 5.26 Å². The van der Waals surface area contributed by atoms with Crippen LogP contribution in [0.3, 0.4) is 0 Å². The minimum Gasteiger partial charge on any atom is -0.309 e. The second-order valence-electron chi connectivity index (χ2n) is 12.8. The monoisotopic (exact) mass is 664 g/mol. The number of aromatic nitrogens is 5. The van der Waals surface area contributed by atoms with Gasteiger partial charge in [0.25, 0.3) is 0 Å². The molecule has 0 aliphatic heterocycles. The smallest absolute Gasteiger partial charge is 0.164 e. The Balaban J connectivity index is 1.21. The summed E-state index contributed by atoms with van der Waals surface area (Å²) in [5, 5.41) is 14.4. The van der Waals surface area contributed by atoms with E-state index in [1.807, 2.05) is 78.9 Å². The molecule has 3 heterocycles. The van der Waals surface area contributed by atoms with Gasteiger partial charge in [0.05, 0.1) is 33.7 Å². The van der Waals surface area contributed by atoms with E-state index in [1.54, 1.807) is 0 Å². The molecule has 0 amide bonds. The number of nitriles is 1. The van der Waals surface area contributed by atoms with E-state index in [4.69, 9.17) is 15.0 Å². The summed E-state index contributed by atoms with van der Waals surface area (Å²) in [6.07, 6.45) is 0. The molecule has 0 saturated carbocycles. The van der Waals surface area contributed by atoms with Crippen molar-refractivity contribution >= 4 is 43.6 Å². The lowest BCUT2D eigenvalue weighted by atomic mass is 10.1. The molecule has 0 spiro atoms. The Hall–Kier alpha value is -7.36. The van der Waals surface area contributed by atoms with Crippen molar-refractivity contribution in [1.82, 2.24) is 24.1 Å². The Morgan fingerprint density at radius 1 is 0.404 bits per heavy atom. The average Bonchev–Trinajstić information content (AvgIpc) is 3.74. The molecular formula is C46H28N6. The summed E-state index contributed by atoms with van der Waals surface area (Å²) in [4.78, 5) is 14.8. The van der Waals surface area contributed by atoms with Crippen molar-refractivity contribution in [2.45, 2.75) is 0 Å². The Labute approximate surface area is 299 Å². The SMILES string of the molecule is N#Cc1ccc2c3c(ccc4c5ccccc5n(-c5ccc(-c6nc(-c7ccccc7)nc(-c7ccccc7)n6)cc5)c43)n(-c3ccccc3)c2c1. The van der Waals surface area contributed by atoms with E-state index >= 15 is 0 Å². The molecule has 0 fully saturated rings. The van der Waals surface area contributed by atoms with E-state index in [1.165, 1.54) is 10.8 Å². The largest absolute Gasteiger partial charge is 0.309 e. The van der Waals surface area contributed by atoms with Crippen molar-refractivity contribution in [3.63, 3.8) is 0 Å². The van der Waals surface area contributed by atoms with Crippen molar-refractivity contribution < 1.29 is 0 Å². The second-order valence-corrected chi connectivity index (χ2v) is 12.8. The molecule has 0 radical (unpaired) electrons. The molecule has 3 aromatic heterocycles. The van der Waals surface area contributed by atoms with Crippen molar-refractivity contribution in [3.05, 3.63) is 175 Å². The summed E-state index contributed by atoms with van der Waals surface area (Å²) in [6.45, 7) is 0. The Kier molecular flexibility index (Phi) is 6.76. The molecule has 0 atom stereocenters. The topological polar surface area (TPSA) is 72.3 Å². The van der Waals surface area contributed by atoms with E-state index in [9.17, 15) is 5.26 Å². The molecule has 0 unspecified atom stereocenters. The van der Waals surface area contributed by atoms with Gasteiger partial charge in [-0.05, 0) is 60.7 Å². The minimum atomic E-state index is 0.614. The van der Waals surface area contributed by atoms with Crippen molar-refractivity contribution in [2.75, 3.05) is 0 Å². The third-order valence-electron chi connectivity index (χ3n) is 9.79. The Morgan fingerprint density at radius 2 is 0.942 bits per heavy atom. The van der Waals surface area contributed by atoms with Gasteiger partial charge in [-0.1, -0.05) is 109 Å². The highest BCUT2D eigenvalue weighted by atomic mass is 15.0. The van der Waals surface area contributed by atoms with Crippen LogP contribution in [0.4, 0.5) is 0 Å². The van der Waals surface area contributed by atoms with Gasteiger partial charge >= 0.3 is 0 Å². The van der Waals surface area contributed by atoms with E-state index < -0.39 is 0 Å². The van der Waals surface area contributed by atoms with E-state index in [2.05, 4.69) is 106 Å². The summed E-state index contributed by atoms with van der Waals surface area (Å²) in [7, 11) is 0. The molecule has 6 heteroatoms. The molecule has 52 heavy (non-hydrogen) atoms. The third-order valence-corrected chi connectivity index (χ3v) is 9.79. The molecular weight excluding hydrogens is 637 g/mol. The number of hydrogen-bond acceptors (Lipinski definition) is 4. The lowest BCUT2D eigenvalue weighted by molar-refractivity contribution is 1.07. The van der Waals surface area contributed by atoms with Crippen LogP contribution in [0.25, 0.3) is 89.2 Å². The van der Waals surface area contributed by atoms with Crippen LogP contribution in [0.15, 0.2) is 170 Å². The number of nitrogens with zero attached hydrogens (tertiary/aromatic N) is 6. The second kappa shape index (κ2) is 11.9. The fraction of sp³-hybridized carbons (Fsp3) is 0. The van der Waals surface area contributed by atoms with E-state index in [0.29, 0.717) is 23.0 Å². The van der Waals surface area contributed by atoms with Crippen LogP contribution in [0, 0.1) is 11.3 Å². The van der Waals surface area contributed by atoms with Crippen molar-refractivity contribution in [2.24, 2.45) is 0 Å². The highest BCUT2D eigenvalue weighted by Gasteiger charge is 2.21. The zero-order valence-corrected chi connectivity index (χ0v) is 27.8. The van der Waals surface area contributed by atoms with Crippen LogP contribution in [0.5, 0.6) is 0 Å². The number of rotatable bonds is 5. The molecule has 0 aliphatic rings. The normalized spacial score (nSPS) is 11.4. The fourth-order valence-corrected chi connectivity index (χ4v) is 7.45. The lowest BCUT2D eigenvalue weighted by Gasteiger charge is -2.11. The molecule has 0 saturated heterocycles. The first-order valence-corrected chi connectivity index (χ1v) is 17.2. The van der Waals surface area contributed by atoms with Crippen LogP contribution in [-0.4, -0.2) is 24.1 Å². The summed E-state index contributed by atoms with van der Waals surface area (Å²) in [5.74, 6) is 1.88. The predicted octanol–water partition coefficient (Wildman–Crippen LogP) is 10.9. The standard InChI is InChI=1S/C46H28N6/c47-29-30-20-25-38-41(28-30)51(34-16-8-3-9-17-34)40-27-26-37-36-18-10-11-19-39(36)52(43(37)42(38)40)35-23-21-33(22-24-35)46-49-44(31-12-4-1-5-13-31)48-45(50-46)32-14-6-2-7-15-32/h1-28H. The van der Waals surface area contributed by atoms with Gasteiger partial charge in [-0.15, -0.1) is 0 Å². The number of benzene rings is 7. The molecule has 10 aromatic rings. The van der Waals surface area contributed by atoms with Crippen LogP contribution < -0.4 is 0 Å². The molecule has 0 aliphatic carbocycles. The highest BCUT2D eigenvalue weighted by molar-refractivity contribution is 6.26.